The highest BCUT2D eigenvalue weighted by molar-refractivity contribution is 7.12. The molecule has 2 heterocycles. The molecule has 0 fully saturated rings. The van der Waals surface area contributed by atoms with Crippen LogP contribution in [-0.2, 0) is 12.8 Å². The first-order chi connectivity index (χ1) is 10.2. The van der Waals surface area contributed by atoms with Crippen LogP contribution in [0.1, 0.15) is 40.0 Å². The number of benzene rings is 1. The molecule has 0 radical (unpaired) electrons. The maximum Gasteiger partial charge on any atom is 0.134 e. The summed E-state index contributed by atoms with van der Waals surface area (Å²) in [6.45, 7) is 0. The van der Waals surface area contributed by atoms with Gasteiger partial charge in [0, 0.05) is 15.1 Å². The number of fused-ring (bicyclic) bond motifs is 2. The number of aryl methyl sites for hydroxylation is 2. The fourth-order valence-electron chi connectivity index (χ4n) is 3.00. The predicted molar refractivity (Wildman–Crippen MR) is 83.2 cm³/mol. The van der Waals surface area contributed by atoms with Crippen molar-refractivity contribution in [3.05, 3.63) is 57.2 Å². The van der Waals surface area contributed by atoms with E-state index in [-0.39, 0.29) is 11.9 Å². The van der Waals surface area contributed by atoms with E-state index < -0.39 is 0 Å². The Labute approximate surface area is 126 Å². The average molecular weight is 301 g/mol. The molecule has 1 unspecified atom stereocenters. The van der Waals surface area contributed by atoms with Crippen molar-refractivity contribution in [3.63, 3.8) is 0 Å². The normalized spacial score (nSPS) is 16.1. The predicted octanol–water partition coefficient (Wildman–Crippen LogP) is 4.56. The van der Waals surface area contributed by atoms with Gasteiger partial charge in [0.15, 0.2) is 0 Å². The lowest BCUT2D eigenvalue weighted by atomic mass is 9.98. The first kappa shape index (κ1) is 13.0. The molecule has 21 heavy (non-hydrogen) atoms. The van der Waals surface area contributed by atoms with Crippen LogP contribution in [0, 0.1) is 5.82 Å². The zero-order valence-electron chi connectivity index (χ0n) is 11.6. The molecule has 0 amide bonds. The van der Waals surface area contributed by atoms with Crippen molar-refractivity contribution in [2.24, 2.45) is 5.73 Å². The van der Waals surface area contributed by atoms with Crippen LogP contribution in [0.5, 0.6) is 0 Å². The summed E-state index contributed by atoms with van der Waals surface area (Å²) in [5, 5.41) is 0.766. The van der Waals surface area contributed by atoms with Gasteiger partial charge in [-0.3, -0.25) is 0 Å². The van der Waals surface area contributed by atoms with Crippen molar-refractivity contribution in [2.45, 2.75) is 31.7 Å². The van der Waals surface area contributed by atoms with Crippen molar-refractivity contribution in [2.75, 3.05) is 0 Å². The standard InChI is InChI=1S/C17H16FNOS/c18-12-5-6-13-11(7-12)8-14(20-13)17(19)16-9-10-3-1-2-4-15(10)21-16/h5-9,17H,1-4,19H2. The van der Waals surface area contributed by atoms with E-state index in [1.165, 1.54) is 35.4 Å². The minimum absolute atomic E-state index is 0.255. The van der Waals surface area contributed by atoms with Crippen LogP contribution in [0.2, 0.25) is 0 Å². The van der Waals surface area contributed by atoms with Gasteiger partial charge in [0.1, 0.15) is 17.2 Å². The Bertz CT molecular complexity index is 781. The molecule has 2 N–H and O–H groups in total. The van der Waals surface area contributed by atoms with Crippen molar-refractivity contribution in [1.29, 1.82) is 0 Å². The smallest absolute Gasteiger partial charge is 0.134 e. The number of halogens is 1. The lowest BCUT2D eigenvalue weighted by molar-refractivity contribution is 0.527. The summed E-state index contributed by atoms with van der Waals surface area (Å²) in [4.78, 5) is 2.61. The van der Waals surface area contributed by atoms with Gasteiger partial charge >= 0.3 is 0 Å². The van der Waals surface area contributed by atoms with Gasteiger partial charge in [-0.05, 0) is 61.6 Å². The summed E-state index contributed by atoms with van der Waals surface area (Å²) < 4.78 is 19.0. The van der Waals surface area contributed by atoms with Gasteiger partial charge in [-0.2, -0.15) is 0 Å². The zero-order valence-corrected chi connectivity index (χ0v) is 12.4. The van der Waals surface area contributed by atoms with Gasteiger partial charge in [-0.25, -0.2) is 4.39 Å². The molecule has 0 saturated carbocycles. The summed E-state index contributed by atoms with van der Waals surface area (Å²) in [6, 6.07) is 8.34. The molecule has 0 bridgehead atoms. The van der Waals surface area contributed by atoms with Gasteiger partial charge in [-0.1, -0.05) is 0 Å². The quantitative estimate of drug-likeness (QED) is 0.753. The molecular formula is C17H16FNOS. The third-order valence-corrected chi connectivity index (χ3v) is 5.45. The number of furan rings is 1. The Balaban J connectivity index is 1.71. The molecule has 1 aliphatic carbocycles. The van der Waals surface area contributed by atoms with Crippen LogP contribution in [0.3, 0.4) is 0 Å². The van der Waals surface area contributed by atoms with Crippen LogP contribution < -0.4 is 5.73 Å². The second-order valence-electron chi connectivity index (χ2n) is 5.61. The number of nitrogens with two attached hydrogens (primary N) is 1. The van der Waals surface area contributed by atoms with Crippen molar-refractivity contribution < 1.29 is 8.81 Å². The van der Waals surface area contributed by atoms with Gasteiger partial charge in [0.25, 0.3) is 0 Å². The monoisotopic (exact) mass is 301 g/mol. The molecule has 0 spiro atoms. The lowest BCUT2D eigenvalue weighted by Crippen LogP contribution is -2.08. The topological polar surface area (TPSA) is 39.2 Å². The molecule has 4 rings (SSSR count). The van der Waals surface area contributed by atoms with Crippen LogP contribution >= 0.6 is 11.3 Å². The van der Waals surface area contributed by atoms with Crippen molar-refractivity contribution in [3.8, 4) is 0 Å². The Hall–Kier alpha value is -1.65. The molecule has 2 aromatic heterocycles. The number of hydrogen-bond acceptors (Lipinski definition) is 3. The summed E-state index contributed by atoms with van der Waals surface area (Å²) in [5.41, 5.74) is 8.48. The van der Waals surface area contributed by atoms with Crippen molar-refractivity contribution in [1.82, 2.24) is 0 Å². The second-order valence-corrected chi connectivity index (χ2v) is 6.78. The van der Waals surface area contributed by atoms with E-state index in [4.69, 9.17) is 10.2 Å². The fraction of sp³-hybridized carbons (Fsp3) is 0.294. The van der Waals surface area contributed by atoms with E-state index in [1.54, 1.807) is 17.4 Å². The van der Waals surface area contributed by atoms with Gasteiger partial charge < -0.3 is 10.2 Å². The van der Waals surface area contributed by atoms with E-state index in [0.29, 0.717) is 11.3 Å². The summed E-state index contributed by atoms with van der Waals surface area (Å²) in [6.07, 6.45) is 4.86. The minimum Gasteiger partial charge on any atom is -0.459 e. The molecule has 2 nitrogen and oxygen atoms in total. The van der Waals surface area contributed by atoms with Gasteiger partial charge in [0.05, 0.1) is 6.04 Å². The Morgan fingerprint density at radius 1 is 1.14 bits per heavy atom. The summed E-state index contributed by atoms with van der Waals surface area (Å²) >= 11 is 1.79. The van der Waals surface area contributed by atoms with Crippen molar-refractivity contribution >= 4 is 22.3 Å². The molecule has 1 aliphatic rings. The highest BCUT2D eigenvalue weighted by atomic mass is 32.1. The van der Waals surface area contributed by atoms with E-state index in [9.17, 15) is 4.39 Å². The second kappa shape index (κ2) is 4.97. The Morgan fingerprint density at radius 2 is 2.00 bits per heavy atom. The maximum atomic E-state index is 13.3. The molecule has 1 atom stereocenters. The highest BCUT2D eigenvalue weighted by Gasteiger charge is 2.20. The third-order valence-electron chi connectivity index (χ3n) is 4.13. The van der Waals surface area contributed by atoms with Gasteiger partial charge in [-0.15, -0.1) is 11.3 Å². The van der Waals surface area contributed by atoms with E-state index in [0.717, 1.165) is 23.1 Å². The maximum absolute atomic E-state index is 13.3. The molecule has 108 valence electrons. The Morgan fingerprint density at radius 3 is 2.86 bits per heavy atom. The molecular weight excluding hydrogens is 285 g/mol. The minimum atomic E-state index is -0.268. The average Bonchev–Trinajstić information content (AvgIpc) is 3.09. The SMILES string of the molecule is NC(c1cc2cc(F)ccc2o1)c1cc2c(s1)CCCC2. The third kappa shape index (κ3) is 2.28. The van der Waals surface area contributed by atoms with E-state index >= 15 is 0 Å². The Kier molecular flexibility index (Phi) is 3.08. The molecule has 0 aliphatic heterocycles. The molecule has 3 aromatic rings. The van der Waals surface area contributed by atoms with E-state index in [2.05, 4.69) is 6.07 Å². The van der Waals surface area contributed by atoms with Crippen LogP contribution in [-0.4, -0.2) is 0 Å². The molecule has 1 aromatic carbocycles. The molecule has 4 heteroatoms. The number of thiophene rings is 1. The summed E-state index contributed by atoms with van der Waals surface area (Å²) in [5.74, 6) is 0.448. The van der Waals surface area contributed by atoms with Gasteiger partial charge in [0.2, 0.25) is 0 Å². The largest absolute Gasteiger partial charge is 0.459 e. The van der Waals surface area contributed by atoms with Crippen LogP contribution in [0.15, 0.2) is 34.7 Å². The summed E-state index contributed by atoms with van der Waals surface area (Å²) in [7, 11) is 0. The van der Waals surface area contributed by atoms with Crippen LogP contribution in [0.4, 0.5) is 4.39 Å². The van der Waals surface area contributed by atoms with Crippen LogP contribution in [0.25, 0.3) is 11.0 Å². The first-order valence-electron chi connectivity index (χ1n) is 7.27. The lowest BCUT2D eigenvalue weighted by Gasteiger charge is -2.08. The zero-order chi connectivity index (χ0) is 14.4. The fourth-order valence-corrected chi connectivity index (χ4v) is 4.26. The van der Waals surface area contributed by atoms with E-state index in [1.807, 2.05) is 6.07 Å². The highest BCUT2D eigenvalue weighted by Crippen LogP contribution is 2.35. The molecule has 0 saturated heterocycles. The number of rotatable bonds is 2. The first-order valence-corrected chi connectivity index (χ1v) is 8.08. The number of hydrogen-bond donors (Lipinski definition) is 1.